The van der Waals surface area contributed by atoms with Crippen molar-refractivity contribution in [2.24, 2.45) is 0 Å². The van der Waals surface area contributed by atoms with Gasteiger partial charge in [-0.25, -0.2) is 0 Å². The van der Waals surface area contributed by atoms with E-state index >= 15 is 0 Å². The Morgan fingerprint density at radius 3 is 2.58 bits per heavy atom. The Morgan fingerprint density at radius 2 is 1.79 bits per heavy atom. The maximum Gasteiger partial charge on any atom is 0.168 e. The topological polar surface area (TPSA) is 49.2 Å². The molecule has 0 unspecified atom stereocenters. The van der Waals surface area contributed by atoms with Gasteiger partial charge < -0.3 is 21.9 Å². The number of hydrogen-bond acceptors (Lipinski definition) is 5. The summed E-state index contributed by atoms with van der Waals surface area (Å²) in [6, 6.07) is 14.1. The molecule has 0 radical (unpaired) electrons. The minimum absolute atomic E-state index is 0. The van der Waals surface area contributed by atoms with Gasteiger partial charge in [0.15, 0.2) is 17.3 Å². The van der Waals surface area contributed by atoms with Gasteiger partial charge in [-0.05, 0) is 30.3 Å². The Bertz CT molecular complexity index is 882. The quantitative estimate of drug-likeness (QED) is 0.683. The minimum Gasteiger partial charge on any atom is -1.00 e. The summed E-state index contributed by atoms with van der Waals surface area (Å²) in [6.07, 6.45) is 0. The van der Waals surface area contributed by atoms with E-state index in [1.165, 1.54) is 4.90 Å². The van der Waals surface area contributed by atoms with Crippen molar-refractivity contribution in [1.29, 1.82) is 0 Å². The highest BCUT2D eigenvalue weighted by atomic mass is 35.5. The largest absolute Gasteiger partial charge is 1.00 e. The second kappa shape index (κ2) is 6.75. The third-order valence-corrected chi connectivity index (χ3v) is 4.89. The molecule has 0 amide bonds. The second-order valence-electron chi connectivity index (χ2n) is 5.10. The molecule has 24 heavy (non-hydrogen) atoms. The molecule has 0 saturated carbocycles. The first-order chi connectivity index (χ1) is 11.3. The van der Waals surface area contributed by atoms with Gasteiger partial charge >= 0.3 is 0 Å². The van der Waals surface area contributed by atoms with E-state index in [2.05, 4.69) is 33.0 Å². The summed E-state index contributed by atoms with van der Waals surface area (Å²) in [5.74, 6) is 3.97. The van der Waals surface area contributed by atoms with Gasteiger partial charge in [-0.3, -0.25) is 4.57 Å². The number of fused-ring (bicyclic) bond motifs is 3. The van der Waals surface area contributed by atoms with Crippen LogP contribution in [0, 0.1) is 0 Å². The van der Waals surface area contributed by atoms with Gasteiger partial charge in [-0.1, -0.05) is 12.1 Å². The molecule has 2 heterocycles. The Morgan fingerprint density at radius 1 is 1.00 bits per heavy atom. The number of rotatable bonds is 3. The molecule has 0 saturated heterocycles. The summed E-state index contributed by atoms with van der Waals surface area (Å²) in [6.45, 7) is 0. The van der Waals surface area contributed by atoms with E-state index in [0.29, 0.717) is 11.5 Å². The van der Waals surface area contributed by atoms with Crippen LogP contribution in [-0.2, 0) is 5.75 Å². The lowest BCUT2D eigenvalue weighted by molar-refractivity contribution is -0.00000525. The van der Waals surface area contributed by atoms with Crippen molar-refractivity contribution in [3.63, 3.8) is 0 Å². The fraction of sp³-hybridized carbons (Fsp3) is 0.176. The zero-order valence-electron chi connectivity index (χ0n) is 13.2. The van der Waals surface area contributed by atoms with E-state index < -0.39 is 0 Å². The van der Waals surface area contributed by atoms with Crippen LogP contribution in [0.25, 0.3) is 17.1 Å². The second-order valence-corrected chi connectivity index (χ2v) is 6.12. The SMILES string of the molecule is COc1ccc(-c2nnc3n2-c2ccccc2SC3)cc1OC.[Cl-]. The van der Waals surface area contributed by atoms with Gasteiger partial charge in [-0.2, -0.15) is 0 Å². The average molecular weight is 361 g/mol. The van der Waals surface area contributed by atoms with Gasteiger partial charge in [0.1, 0.15) is 5.82 Å². The van der Waals surface area contributed by atoms with Gasteiger partial charge in [-0.15, -0.1) is 22.0 Å². The predicted molar refractivity (Wildman–Crippen MR) is 89.5 cm³/mol. The smallest absolute Gasteiger partial charge is 0.168 e. The molecule has 0 spiro atoms. The number of aromatic nitrogens is 3. The van der Waals surface area contributed by atoms with Crippen LogP contribution >= 0.6 is 11.8 Å². The Hall–Kier alpha value is -2.18. The van der Waals surface area contributed by atoms with Crippen molar-refractivity contribution in [2.45, 2.75) is 10.6 Å². The van der Waals surface area contributed by atoms with E-state index in [4.69, 9.17) is 9.47 Å². The normalized spacial score (nSPS) is 11.9. The highest BCUT2D eigenvalue weighted by Crippen LogP contribution is 2.38. The summed E-state index contributed by atoms with van der Waals surface area (Å²) >= 11 is 1.79. The van der Waals surface area contributed by atoms with E-state index in [9.17, 15) is 0 Å². The first kappa shape index (κ1) is 16.7. The maximum atomic E-state index is 5.40. The van der Waals surface area contributed by atoms with Crippen molar-refractivity contribution < 1.29 is 21.9 Å². The molecule has 0 fully saturated rings. The molecule has 5 nitrogen and oxygen atoms in total. The number of ether oxygens (including phenoxy) is 2. The molecule has 0 aliphatic carbocycles. The Balaban J connectivity index is 0.00000169. The average Bonchev–Trinajstić information content (AvgIpc) is 3.05. The monoisotopic (exact) mass is 360 g/mol. The lowest BCUT2D eigenvalue weighted by Crippen LogP contribution is -3.00. The van der Waals surface area contributed by atoms with Gasteiger partial charge in [0.2, 0.25) is 0 Å². The molecule has 3 aromatic rings. The number of para-hydroxylation sites is 1. The predicted octanol–water partition coefficient (Wildman–Crippen LogP) is 0.561. The van der Waals surface area contributed by atoms with Crippen LogP contribution in [0.5, 0.6) is 11.5 Å². The van der Waals surface area contributed by atoms with E-state index in [1.54, 1.807) is 26.0 Å². The lowest BCUT2D eigenvalue weighted by Gasteiger charge is -2.19. The molecule has 124 valence electrons. The molecular weight excluding hydrogens is 346 g/mol. The summed E-state index contributed by atoms with van der Waals surface area (Å²) < 4.78 is 12.8. The fourth-order valence-corrected chi connectivity index (χ4v) is 3.69. The van der Waals surface area contributed by atoms with E-state index in [1.807, 2.05) is 24.3 Å². The Kier molecular flexibility index (Phi) is 4.69. The molecule has 1 aromatic heterocycles. The highest BCUT2D eigenvalue weighted by molar-refractivity contribution is 7.98. The molecule has 1 aliphatic rings. The number of methoxy groups -OCH3 is 2. The van der Waals surface area contributed by atoms with Crippen molar-refractivity contribution in [3.05, 3.63) is 48.3 Å². The molecule has 4 rings (SSSR count). The van der Waals surface area contributed by atoms with Gasteiger partial charge in [0.05, 0.1) is 25.7 Å². The van der Waals surface area contributed by atoms with E-state index in [-0.39, 0.29) is 12.4 Å². The van der Waals surface area contributed by atoms with Crippen LogP contribution in [0.2, 0.25) is 0 Å². The summed E-state index contributed by atoms with van der Waals surface area (Å²) in [5.41, 5.74) is 2.07. The van der Waals surface area contributed by atoms with Crippen LogP contribution in [-0.4, -0.2) is 29.0 Å². The minimum atomic E-state index is 0. The first-order valence-electron chi connectivity index (χ1n) is 7.20. The number of nitrogens with zero attached hydrogens (tertiary/aromatic N) is 3. The summed E-state index contributed by atoms with van der Waals surface area (Å²) in [4.78, 5) is 1.24. The lowest BCUT2D eigenvalue weighted by atomic mass is 10.1. The zero-order chi connectivity index (χ0) is 15.8. The molecule has 0 bridgehead atoms. The van der Waals surface area contributed by atoms with Crippen LogP contribution < -0.4 is 21.9 Å². The zero-order valence-corrected chi connectivity index (χ0v) is 14.8. The Labute approximate surface area is 150 Å². The number of benzene rings is 2. The van der Waals surface area contributed by atoms with Crippen LogP contribution in [0.1, 0.15) is 5.82 Å². The van der Waals surface area contributed by atoms with Crippen LogP contribution in [0.3, 0.4) is 0 Å². The van der Waals surface area contributed by atoms with Crippen molar-refractivity contribution >= 4 is 11.8 Å². The molecule has 0 N–H and O–H groups in total. The summed E-state index contributed by atoms with van der Waals surface area (Å²) in [7, 11) is 3.26. The molecular formula is C17H15ClN3O2S-. The molecule has 2 aromatic carbocycles. The van der Waals surface area contributed by atoms with Crippen molar-refractivity contribution in [2.75, 3.05) is 14.2 Å². The van der Waals surface area contributed by atoms with Crippen molar-refractivity contribution in [3.8, 4) is 28.6 Å². The van der Waals surface area contributed by atoms with Crippen LogP contribution in [0.15, 0.2) is 47.4 Å². The molecule has 1 aliphatic heterocycles. The van der Waals surface area contributed by atoms with E-state index in [0.717, 1.165) is 28.7 Å². The molecule has 0 atom stereocenters. The van der Waals surface area contributed by atoms with Gasteiger partial charge in [0, 0.05) is 10.5 Å². The first-order valence-corrected chi connectivity index (χ1v) is 8.19. The highest BCUT2D eigenvalue weighted by Gasteiger charge is 2.22. The van der Waals surface area contributed by atoms with Crippen molar-refractivity contribution in [1.82, 2.24) is 14.8 Å². The third kappa shape index (κ3) is 2.61. The molecule has 7 heteroatoms. The maximum absolute atomic E-state index is 5.40. The fourth-order valence-electron chi connectivity index (χ4n) is 2.73. The standard InChI is InChI=1S/C17H15N3O2S.ClH/c1-21-13-8-7-11(9-14(13)22-2)17-19-18-16-10-23-15-6-4-3-5-12(15)20(16)17;/h3-9H,10H2,1-2H3;1H/p-1. The third-order valence-electron chi connectivity index (χ3n) is 3.83. The summed E-state index contributed by atoms with van der Waals surface area (Å²) in [5, 5.41) is 8.75. The van der Waals surface area contributed by atoms with Gasteiger partial charge in [0.25, 0.3) is 0 Å². The number of hydrogen-bond donors (Lipinski definition) is 0. The van der Waals surface area contributed by atoms with Crippen LogP contribution in [0.4, 0.5) is 0 Å². The number of thioether (sulfide) groups is 1. The number of halogens is 1.